The Morgan fingerprint density at radius 2 is 1.88 bits per heavy atom. The number of benzene rings is 1. The van der Waals surface area contributed by atoms with E-state index in [1.165, 1.54) is 5.56 Å². The molecule has 8 heavy (non-hydrogen) atoms. The molecule has 0 aliphatic carbocycles. The molecule has 1 aromatic rings. The molecule has 0 fully saturated rings. The fourth-order valence-electron chi connectivity index (χ4n) is 0.610. The molecule has 0 nitrogen and oxygen atoms in total. The lowest BCUT2D eigenvalue weighted by Gasteiger charge is -1.93. The molecule has 0 aliphatic rings. The lowest BCUT2D eigenvalue weighted by molar-refractivity contribution is 1.42. The normalized spacial score (nSPS) is 9.25. The van der Waals surface area contributed by atoms with Crippen LogP contribution in [0, 0.1) is 13.8 Å². The van der Waals surface area contributed by atoms with Crippen LogP contribution in [0.1, 0.15) is 11.1 Å². The van der Waals surface area contributed by atoms with E-state index in [0.717, 1.165) is 5.56 Å². The van der Waals surface area contributed by atoms with Crippen LogP contribution in [-0.2, 0) is 0 Å². The largest absolute Gasteiger partial charge is 0.0620 e. The molecule has 0 spiro atoms. The first-order valence-electron chi connectivity index (χ1n) is 2.68. The molecule has 1 aromatic carbocycles. The molecular formula is C8H9. The molecule has 0 saturated carbocycles. The second kappa shape index (κ2) is 1.99. The predicted octanol–water partition coefficient (Wildman–Crippen LogP) is 2.18. The highest BCUT2D eigenvalue weighted by molar-refractivity contribution is 5.27. The van der Waals surface area contributed by atoms with Crippen LogP contribution in [0.5, 0.6) is 0 Å². The summed E-state index contributed by atoms with van der Waals surface area (Å²) in [5, 5.41) is 0. The Hall–Kier alpha value is -0.780. The summed E-state index contributed by atoms with van der Waals surface area (Å²) in [7, 11) is 0. The van der Waals surface area contributed by atoms with Gasteiger partial charge in [-0.15, -0.1) is 0 Å². The van der Waals surface area contributed by atoms with E-state index < -0.39 is 0 Å². The minimum Gasteiger partial charge on any atom is -0.0620 e. The van der Waals surface area contributed by atoms with Crippen LogP contribution in [0.3, 0.4) is 0 Å². The highest BCUT2D eigenvalue weighted by Crippen LogP contribution is 2.02. The van der Waals surface area contributed by atoms with Gasteiger partial charge in [0.15, 0.2) is 0 Å². The van der Waals surface area contributed by atoms with Crippen molar-refractivity contribution >= 4 is 0 Å². The maximum absolute atomic E-state index is 3.82. The molecule has 0 atom stereocenters. The maximum Gasteiger partial charge on any atom is -0.0236 e. The van der Waals surface area contributed by atoms with Crippen LogP contribution < -0.4 is 0 Å². The van der Waals surface area contributed by atoms with Gasteiger partial charge in [-0.2, -0.15) is 0 Å². The molecule has 0 bridgehead atoms. The van der Waals surface area contributed by atoms with E-state index in [4.69, 9.17) is 0 Å². The molecule has 1 rings (SSSR count). The van der Waals surface area contributed by atoms with Crippen molar-refractivity contribution in [2.24, 2.45) is 0 Å². The van der Waals surface area contributed by atoms with Crippen molar-refractivity contribution in [1.82, 2.24) is 0 Å². The lowest BCUT2D eigenvalue weighted by Crippen LogP contribution is -1.74. The zero-order valence-electron chi connectivity index (χ0n) is 5.02. The molecule has 0 N–H and O–H groups in total. The van der Waals surface area contributed by atoms with Crippen molar-refractivity contribution in [3.63, 3.8) is 0 Å². The van der Waals surface area contributed by atoms with Gasteiger partial charge in [-0.05, 0) is 25.0 Å². The van der Waals surface area contributed by atoms with Gasteiger partial charge in [-0.25, -0.2) is 0 Å². The molecule has 0 aromatic heterocycles. The molecule has 0 heterocycles. The van der Waals surface area contributed by atoms with E-state index >= 15 is 0 Å². The second-order valence-corrected chi connectivity index (χ2v) is 1.93. The molecular weight excluding hydrogens is 96.1 g/mol. The number of rotatable bonds is 0. The molecule has 0 aliphatic heterocycles. The van der Waals surface area contributed by atoms with Gasteiger partial charge in [-0.1, -0.05) is 24.3 Å². The Bertz CT molecular complexity index is 156. The fourth-order valence-corrected chi connectivity index (χ4v) is 0.610. The van der Waals surface area contributed by atoms with Crippen LogP contribution in [0.15, 0.2) is 24.3 Å². The number of hydrogen-bond acceptors (Lipinski definition) is 0. The topological polar surface area (TPSA) is 0 Å². The summed E-state index contributed by atoms with van der Waals surface area (Å²) < 4.78 is 0. The fraction of sp³-hybridized carbons (Fsp3) is 0.125. The van der Waals surface area contributed by atoms with Gasteiger partial charge >= 0.3 is 0 Å². The molecule has 0 saturated heterocycles. The number of hydrogen-bond donors (Lipinski definition) is 0. The molecule has 41 valence electrons. The van der Waals surface area contributed by atoms with Crippen LogP contribution in [0.2, 0.25) is 0 Å². The van der Waals surface area contributed by atoms with E-state index in [0.29, 0.717) is 0 Å². The van der Waals surface area contributed by atoms with E-state index in [2.05, 4.69) is 19.9 Å². The Kier molecular flexibility index (Phi) is 1.34. The van der Waals surface area contributed by atoms with Crippen molar-refractivity contribution in [1.29, 1.82) is 0 Å². The van der Waals surface area contributed by atoms with E-state index in [1.54, 1.807) is 0 Å². The van der Waals surface area contributed by atoms with Gasteiger partial charge in [0.25, 0.3) is 0 Å². The summed E-state index contributed by atoms with van der Waals surface area (Å²) in [4.78, 5) is 0. The van der Waals surface area contributed by atoms with Crippen molar-refractivity contribution < 1.29 is 0 Å². The van der Waals surface area contributed by atoms with Gasteiger partial charge in [0.1, 0.15) is 0 Å². The van der Waals surface area contributed by atoms with Gasteiger partial charge in [0, 0.05) is 0 Å². The third-order valence-electron chi connectivity index (χ3n) is 1.26. The minimum atomic E-state index is 1.12. The second-order valence-electron chi connectivity index (χ2n) is 1.93. The maximum atomic E-state index is 3.82. The SMILES string of the molecule is [CH2]c1ccccc1C. The first kappa shape index (κ1) is 5.36. The van der Waals surface area contributed by atoms with Gasteiger partial charge < -0.3 is 0 Å². The van der Waals surface area contributed by atoms with Crippen LogP contribution in [0.4, 0.5) is 0 Å². The average molecular weight is 105 g/mol. The summed E-state index contributed by atoms with van der Waals surface area (Å²) in [5.74, 6) is 0. The summed E-state index contributed by atoms with van der Waals surface area (Å²) in [6, 6.07) is 8.08. The van der Waals surface area contributed by atoms with Crippen LogP contribution in [-0.4, -0.2) is 0 Å². The summed E-state index contributed by atoms with van der Waals surface area (Å²) >= 11 is 0. The minimum absolute atomic E-state index is 1.12. The Balaban J connectivity index is 3.13. The predicted molar refractivity (Wildman–Crippen MR) is 35.6 cm³/mol. The van der Waals surface area contributed by atoms with Crippen LogP contribution >= 0.6 is 0 Å². The molecule has 0 amide bonds. The van der Waals surface area contributed by atoms with Crippen molar-refractivity contribution in [2.45, 2.75) is 6.92 Å². The Morgan fingerprint density at radius 1 is 1.25 bits per heavy atom. The van der Waals surface area contributed by atoms with Crippen molar-refractivity contribution in [3.8, 4) is 0 Å². The van der Waals surface area contributed by atoms with Gasteiger partial charge in [0.2, 0.25) is 0 Å². The first-order chi connectivity index (χ1) is 3.80. The smallest absolute Gasteiger partial charge is 0.0236 e. The first-order valence-corrected chi connectivity index (χ1v) is 2.68. The van der Waals surface area contributed by atoms with Crippen molar-refractivity contribution in [2.75, 3.05) is 0 Å². The zero-order chi connectivity index (χ0) is 5.98. The number of aryl methyl sites for hydroxylation is 1. The van der Waals surface area contributed by atoms with E-state index in [9.17, 15) is 0 Å². The average Bonchev–Trinajstić information content (AvgIpc) is 1.77. The third kappa shape index (κ3) is 0.890. The summed E-state index contributed by atoms with van der Waals surface area (Å²) in [6.07, 6.45) is 0. The van der Waals surface area contributed by atoms with Gasteiger partial charge in [0.05, 0.1) is 0 Å². The zero-order valence-corrected chi connectivity index (χ0v) is 5.02. The van der Waals surface area contributed by atoms with Crippen LogP contribution in [0.25, 0.3) is 0 Å². The van der Waals surface area contributed by atoms with Crippen molar-refractivity contribution in [3.05, 3.63) is 42.3 Å². The third-order valence-corrected chi connectivity index (χ3v) is 1.26. The molecule has 1 radical (unpaired) electrons. The summed E-state index contributed by atoms with van der Waals surface area (Å²) in [6.45, 7) is 5.88. The molecule has 0 unspecified atom stereocenters. The molecule has 0 heteroatoms. The monoisotopic (exact) mass is 105 g/mol. The van der Waals surface area contributed by atoms with E-state index in [1.807, 2.05) is 18.2 Å². The quantitative estimate of drug-likeness (QED) is 0.474. The lowest BCUT2D eigenvalue weighted by atomic mass is 10.1. The standard InChI is InChI=1S/C8H9/c1-7-5-3-4-6-8(7)2/h3-6H,1H2,2H3. The van der Waals surface area contributed by atoms with Gasteiger partial charge in [-0.3, -0.25) is 0 Å². The highest BCUT2D eigenvalue weighted by atomic mass is 13.9. The Labute approximate surface area is 50.2 Å². The highest BCUT2D eigenvalue weighted by Gasteiger charge is 1.84. The Morgan fingerprint density at radius 3 is 2.25 bits per heavy atom. The van der Waals surface area contributed by atoms with E-state index in [-0.39, 0.29) is 0 Å². The summed E-state index contributed by atoms with van der Waals surface area (Å²) in [5.41, 5.74) is 2.38.